The molecule has 0 spiro atoms. The highest BCUT2D eigenvalue weighted by molar-refractivity contribution is 7.89. The van der Waals surface area contributed by atoms with E-state index in [1.807, 2.05) is 4.90 Å². The molecule has 2 aliphatic heterocycles. The van der Waals surface area contributed by atoms with Gasteiger partial charge < -0.3 is 9.42 Å². The summed E-state index contributed by atoms with van der Waals surface area (Å²) in [5.74, 6) is -1.56. The molecule has 2 fully saturated rings. The number of sulfonamides is 1. The summed E-state index contributed by atoms with van der Waals surface area (Å²) in [5, 5.41) is 3.79. The Bertz CT molecular complexity index is 1190. The van der Waals surface area contributed by atoms with Crippen molar-refractivity contribution in [1.29, 1.82) is 0 Å². The van der Waals surface area contributed by atoms with Gasteiger partial charge >= 0.3 is 0 Å². The second-order valence-corrected chi connectivity index (χ2v) is 10.9. The Kier molecular flexibility index (Phi) is 7.18. The molecule has 0 bridgehead atoms. The average molecular weight is 494 g/mol. The lowest BCUT2D eigenvalue weighted by molar-refractivity contribution is -0.140. The number of likely N-dealkylation sites (tertiary alicyclic amines) is 1. The van der Waals surface area contributed by atoms with Crippen LogP contribution in [0.4, 0.5) is 8.78 Å². The van der Waals surface area contributed by atoms with Gasteiger partial charge in [0.25, 0.3) is 0 Å². The molecule has 0 aliphatic carbocycles. The third kappa shape index (κ3) is 4.93. The van der Waals surface area contributed by atoms with E-state index in [2.05, 4.69) is 12.1 Å². The zero-order valence-corrected chi connectivity index (χ0v) is 20.2. The quantitative estimate of drug-likeness (QED) is 0.622. The molecule has 2 saturated heterocycles. The normalized spacial score (nSPS) is 20.8. The number of rotatable bonds is 5. The van der Waals surface area contributed by atoms with Crippen LogP contribution in [0.2, 0.25) is 0 Å². The van der Waals surface area contributed by atoms with Crippen molar-refractivity contribution >= 4 is 28.1 Å². The maximum absolute atomic E-state index is 13.9. The SMILES string of the molecule is Cc1noc(C=Cc2ccc(F)cc2F)c1S(=O)(=O)N1CCC(C(=O)N2CCCCC2C)CC1. The van der Waals surface area contributed by atoms with Gasteiger partial charge in [0.1, 0.15) is 17.3 Å². The molecular weight excluding hydrogens is 464 g/mol. The first-order valence-corrected chi connectivity index (χ1v) is 13.0. The highest BCUT2D eigenvalue weighted by Gasteiger charge is 2.37. The molecule has 1 amide bonds. The van der Waals surface area contributed by atoms with Crippen LogP contribution in [0.3, 0.4) is 0 Å². The van der Waals surface area contributed by atoms with Crippen LogP contribution < -0.4 is 0 Å². The van der Waals surface area contributed by atoms with Crippen LogP contribution in [-0.2, 0) is 14.8 Å². The van der Waals surface area contributed by atoms with Crippen molar-refractivity contribution in [2.45, 2.75) is 56.9 Å². The van der Waals surface area contributed by atoms with E-state index in [0.29, 0.717) is 12.8 Å². The molecule has 2 aromatic rings. The zero-order chi connectivity index (χ0) is 24.5. The van der Waals surface area contributed by atoms with Crippen LogP contribution in [0.1, 0.15) is 56.0 Å². The number of carbonyl (C=O) groups is 1. The summed E-state index contributed by atoms with van der Waals surface area (Å²) >= 11 is 0. The van der Waals surface area contributed by atoms with Crippen LogP contribution in [-0.4, -0.2) is 54.4 Å². The summed E-state index contributed by atoms with van der Waals surface area (Å²) < 4.78 is 60.5. The van der Waals surface area contributed by atoms with Gasteiger partial charge in [-0.2, -0.15) is 4.31 Å². The smallest absolute Gasteiger partial charge is 0.248 e. The second-order valence-electron chi connectivity index (χ2n) is 9.02. The number of carbonyl (C=O) groups excluding carboxylic acids is 1. The van der Waals surface area contributed by atoms with Crippen LogP contribution in [0, 0.1) is 24.5 Å². The molecule has 0 N–H and O–H groups in total. The Morgan fingerprint density at radius 2 is 1.85 bits per heavy atom. The van der Waals surface area contributed by atoms with E-state index >= 15 is 0 Å². The highest BCUT2D eigenvalue weighted by Crippen LogP contribution is 2.31. The van der Waals surface area contributed by atoms with E-state index < -0.39 is 21.7 Å². The van der Waals surface area contributed by atoms with Gasteiger partial charge in [0.05, 0.1) is 0 Å². The summed E-state index contributed by atoms with van der Waals surface area (Å²) in [5.41, 5.74) is 0.282. The number of hydrogen-bond acceptors (Lipinski definition) is 5. The van der Waals surface area contributed by atoms with E-state index in [9.17, 15) is 22.0 Å². The lowest BCUT2D eigenvalue weighted by Gasteiger charge is -2.38. The van der Waals surface area contributed by atoms with Crippen LogP contribution >= 0.6 is 0 Å². The summed E-state index contributed by atoms with van der Waals surface area (Å²) in [6.45, 7) is 4.81. The average Bonchev–Trinajstić information content (AvgIpc) is 3.19. The fourth-order valence-corrected chi connectivity index (χ4v) is 6.45. The van der Waals surface area contributed by atoms with E-state index in [1.54, 1.807) is 0 Å². The Balaban J connectivity index is 1.48. The van der Waals surface area contributed by atoms with Crippen molar-refractivity contribution < 1.29 is 26.5 Å². The van der Waals surface area contributed by atoms with E-state index in [1.165, 1.54) is 29.4 Å². The van der Waals surface area contributed by atoms with Crippen molar-refractivity contribution in [3.63, 3.8) is 0 Å². The first kappa shape index (κ1) is 24.5. The lowest BCUT2D eigenvalue weighted by Crippen LogP contribution is -2.48. The monoisotopic (exact) mass is 493 g/mol. The van der Waals surface area contributed by atoms with E-state index in [0.717, 1.165) is 37.9 Å². The highest BCUT2D eigenvalue weighted by atomic mass is 32.2. The molecule has 1 unspecified atom stereocenters. The van der Waals surface area contributed by atoms with Crippen molar-refractivity contribution in [1.82, 2.24) is 14.4 Å². The molecule has 184 valence electrons. The van der Waals surface area contributed by atoms with Crippen molar-refractivity contribution in [2.24, 2.45) is 5.92 Å². The molecule has 0 radical (unpaired) electrons. The maximum atomic E-state index is 13.9. The van der Waals surface area contributed by atoms with E-state index in [4.69, 9.17) is 4.52 Å². The van der Waals surface area contributed by atoms with Crippen molar-refractivity contribution in [3.05, 3.63) is 46.9 Å². The third-order valence-electron chi connectivity index (χ3n) is 6.70. The molecule has 7 nitrogen and oxygen atoms in total. The fraction of sp³-hybridized carbons (Fsp3) is 0.500. The maximum Gasteiger partial charge on any atom is 0.248 e. The van der Waals surface area contributed by atoms with Crippen LogP contribution in [0.5, 0.6) is 0 Å². The topological polar surface area (TPSA) is 83.7 Å². The first-order valence-electron chi connectivity index (χ1n) is 11.6. The first-order chi connectivity index (χ1) is 16.2. The number of halogens is 2. The Hall–Kier alpha value is -2.59. The molecular formula is C24H29F2N3O4S. The molecule has 2 aliphatic rings. The predicted octanol–water partition coefficient (Wildman–Crippen LogP) is 4.23. The number of benzene rings is 1. The van der Waals surface area contributed by atoms with Crippen molar-refractivity contribution in [3.8, 4) is 0 Å². The molecule has 4 rings (SSSR count). The summed E-state index contributed by atoms with van der Waals surface area (Å²) in [7, 11) is -3.94. The molecule has 3 heterocycles. The van der Waals surface area contributed by atoms with Gasteiger partial charge in [0.15, 0.2) is 10.7 Å². The molecule has 1 atom stereocenters. The summed E-state index contributed by atoms with van der Waals surface area (Å²) in [6.07, 6.45) is 6.69. The van der Waals surface area contributed by atoms with Gasteiger partial charge in [0, 0.05) is 43.2 Å². The zero-order valence-electron chi connectivity index (χ0n) is 19.3. The Morgan fingerprint density at radius 1 is 1.12 bits per heavy atom. The van der Waals surface area contributed by atoms with E-state index in [-0.39, 0.29) is 52.9 Å². The van der Waals surface area contributed by atoms with Crippen LogP contribution in [0.15, 0.2) is 27.6 Å². The summed E-state index contributed by atoms with van der Waals surface area (Å²) in [4.78, 5) is 14.9. The van der Waals surface area contributed by atoms with Crippen LogP contribution in [0.25, 0.3) is 12.2 Å². The van der Waals surface area contributed by atoms with Gasteiger partial charge in [-0.3, -0.25) is 4.79 Å². The third-order valence-corrected chi connectivity index (χ3v) is 8.75. The number of amides is 1. The second kappa shape index (κ2) is 9.95. The number of aryl methyl sites for hydroxylation is 1. The van der Waals surface area contributed by atoms with Gasteiger partial charge in [-0.15, -0.1) is 0 Å². The largest absolute Gasteiger partial charge is 0.355 e. The predicted molar refractivity (Wildman–Crippen MR) is 123 cm³/mol. The standard InChI is InChI=1S/C24H29F2N3O4S/c1-16-5-3-4-12-29(16)24(30)19-10-13-28(14-11-19)34(31,32)23-17(2)27-33-22(23)9-7-18-6-8-20(25)15-21(18)26/h6-9,15-16,19H,3-5,10-14H2,1-2H3. The number of nitrogens with zero attached hydrogens (tertiary/aromatic N) is 3. The number of aromatic nitrogens is 1. The van der Waals surface area contributed by atoms with Gasteiger partial charge in [-0.25, -0.2) is 17.2 Å². The van der Waals surface area contributed by atoms with Crippen molar-refractivity contribution in [2.75, 3.05) is 19.6 Å². The van der Waals surface area contributed by atoms with Gasteiger partial charge in [-0.1, -0.05) is 5.16 Å². The minimum atomic E-state index is -3.94. The minimum absolute atomic E-state index is 0.0263. The minimum Gasteiger partial charge on any atom is -0.355 e. The number of hydrogen-bond donors (Lipinski definition) is 0. The Morgan fingerprint density at radius 3 is 2.53 bits per heavy atom. The lowest BCUT2D eigenvalue weighted by atomic mass is 9.94. The summed E-state index contributed by atoms with van der Waals surface area (Å²) in [6, 6.07) is 3.34. The molecule has 34 heavy (non-hydrogen) atoms. The van der Waals surface area contributed by atoms with Gasteiger partial charge in [-0.05, 0) is 70.2 Å². The van der Waals surface area contributed by atoms with Gasteiger partial charge in [0.2, 0.25) is 15.9 Å². The Labute approximate surface area is 198 Å². The molecule has 1 aromatic carbocycles. The fourth-order valence-electron chi connectivity index (χ4n) is 4.73. The molecule has 10 heteroatoms. The molecule has 1 aromatic heterocycles. The number of piperidine rings is 2. The molecule has 0 saturated carbocycles.